The lowest BCUT2D eigenvalue weighted by Crippen LogP contribution is -2.20. The molecule has 0 amide bonds. The molecule has 1 saturated heterocycles. The van der Waals surface area contributed by atoms with Crippen LogP contribution in [0.25, 0.3) is 0 Å². The fourth-order valence-corrected chi connectivity index (χ4v) is 1.72. The molecule has 1 aromatic carbocycles. The van der Waals surface area contributed by atoms with Crippen molar-refractivity contribution in [2.24, 2.45) is 0 Å². The van der Waals surface area contributed by atoms with E-state index in [0.717, 1.165) is 5.56 Å². The van der Waals surface area contributed by atoms with E-state index in [1.54, 1.807) is 31.2 Å². The van der Waals surface area contributed by atoms with Crippen molar-refractivity contribution in [2.45, 2.75) is 19.3 Å². The number of benzene rings is 1. The second-order valence-corrected chi connectivity index (χ2v) is 4.54. The topological polar surface area (TPSA) is 68.5 Å². The average molecular weight is 273 g/mol. The highest BCUT2D eigenvalue weighted by Crippen LogP contribution is 2.27. The van der Waals surface area contributed by atoms with Crippen LogP contribution in [-0.2, 0) is 19.0 Å². The number of carbonyl (C=O) groups is 1. The van der Waals surface area contributed by atoms with Crippen molar-refractivity contribution in [1.29, 1.82) is 5.26 Å². The molecule has 0 saturated carbocycles. The summed E-state index contributed by atoms with van der Waals surface area (Å²) >= 11 is 0. The Morgan fingerprint density at radius 3 is 2.80 bits per heavy atom. The zero-order valence-electron chi connectivity index (χ0n) is 11.2. The molecule has 0 N–H and O–H groups in total. The average Bonchev–Trinajstić information content (AvgIpc) is 2.93. The second-order valence-electron chi connectivity index (χ2n) is 4.54. The maximum Gasteiger partial charge on any atom is 0.333 e. The molecular formula is C15H15NO4. The molecule has 0 bridgehead atoms. The Bertz CT molecular complexity index is 544. The highest BCUT2D eigenvalue weighted by Gasteiger charge is 2.28. The Kier molecular flexibility index (Phi) is 4.51. The minimum Gasteiger partial charge on any atom is -0.459 e. The standard InChI is InChI=1S/C15H15NO4/c1-10(2)14(17)18-8-13-9-19-15(20-13)12-5-3-11(7-16)4-6-12/h3-6,13,15H,1,8-9H2,2H3/t13-,15+/m1/s1. The molecule has 5 nitrogen and oxygen atoms in total. The SMILES string of the molecule is C=C(C)C(=O)OC[C@@H]1CO[C@H](c2ccc(C#N)cc2)O1. The number of esters is 1. The fraction of sp³-hybridized carbons (Fsp3) is 0.333. The molecule has 1 aliphatic rings. The van der Waals surface area contributed by atoms with Crippen LogP contribution in [0.4, 0.5) is 0 Å². The molecule has 0 unspecified atom stereocenters. The van der Waals surface area contributed by atoms with Gasteiger partial charge in [0.2, 0.25) is 0 Å². The monoisotopic (exact) mass is 273 g/mol. The van der Waals surface area contributed by atoms with Crippen LogP contribution in [-0.4, -0.2) is 25.3 Å². The molecule has 1 aromatic rings. The van der Waals surface area contributed by atoms with Crippen LogP contribution in [0.3, 0.4) is 0 Å². The Hall–Kier alpha value is -2.16. The Morgan fingerprint density at radius 1 is 1.50 bits per heavy atom. The van der Waals surface area contributed by atoms with Gasteiger partial charge in [0.05, 0.1) is 18.2 Å². The number of ether oxygens (including phenoxy) is 3. The largest absolute Gasteiger partial charge is 0.459 e. The molecule has 5 heteroatoms. The van der Waals surface area contributed by atoms with Crippen LogP contribution in [0.1, 0.15) is 24.3 Å². The predicted octanol–water partition coefficient (Wildman–Crippen LogP) is 2.09. The molecule has 0 radical (unpaired) electrons. The maximum atomic E-state index is 11.3. The van der Waals surface area contributed by atoms with Gasteiger partial charge in [0, 0.05) is 11.1 Å². The Balaban J connectivity index is 1.87. The summed E-state index contributed by atoms with van der Waals surface area (Å²) in [6, 6.07) is 9.03. The van der Waals surface area contributed by atoms with E-state index in [1.807, 2.05) is 6.07 Å². The quantitative estimate of drug-likeness (QED) is 0.620. The van der Waals surface area contributed by atoms with Crippen LogP contribution < -0.4 is 0 Å². The van der Waals surface area contributed by atoms with E-state index in [-0.39, 0.29) is 12.7 Å². The van der Waals surface area contributed by atoms with E-state index in [2.05, 4.69) is 6.58 Å². The summed E-state index contributed by atoms with van der Waals surface area (Å²) in [5, 5.41) is 8.73. The lowest BCUT2D eigenvalue weighted by molar-refractivity contribution is -0.143. The first kappa shape index (κ1) is 14.3. The highest BCUT2D eigenvalue weighted by atomic mass is 16.7. The Morgan fingerprint density at radius 2 is 2.20 bits per heavy atom. The number of rotatable bonds is 4. The smallest absolute Gasteiger partial charge is 0.333 e. The molecule has 1 heterocycles. The molecule has 20 heavy (non-hydrogen) atoms. The molecule has 0 aromatic heterocycles. The zero-order valence-corrected chi connectivity index (χ0v) is 11.2. The molecular weight excluding hydrogens is 258 g/mol. The summed E-state index contributed by atoms with van der Waals surface area (Å²) < 4.78 is 16.2. The third-order valence-corrected chi connectivity index (χ3v) is 2.81. The van der Waals surface area contributed by atoms with Crippen molar-refractivity contribution in [2.75, 3.05) is 13.2 Å². The van der Waals surface area contributed by atoms with Crippen molar-refractivity contribution in [3.8, 4) is 6.07 Å². The van der Waals surface area contributed by atoms with E-state index < -0.39 is 12.3 Å². The zero-order chi connectivity index (χ0) is 14.5. The fourth-order valence-electron chi connectivity index (χ4n) is 1.72. The first-order valence-electron chi connectivity index (χ1n) is 6.20. The molecule has 0 aliphatic carbocycles. The van der Waals surface area contributed by atoms with E-state index in [9.17, 15) is 4.79 Å². The first-order chi connectivity index (χ1) is 9.60. The Labute approximate surface area is 117 Å². The number of hydrogen-bond acceptors (Lipinski definition) is 5. The van der Waals surface area contributed by atoms with Crippen molar-refractivity contribution >= 4 is 5.97 Å². The van der Waals surface area contributed by atoms with Gasteiger partial charge in [-0.1, -0.05) is 18.7 Å². The highest BCUT2D eigenvalue weighted by molar-refractivity contribution is 5.86. The molecule has 2 rings (SSSR count). The van der Waals surface area contributed by atoms with Gasteiger partial charge in [0.1, 0.15) is 12.7 Å². The van der Waals surface area contributed by atoms with Crippen LogP contribution in [0.5, 0.6) is 0 Å². The maximum absolute atomic E-state index is 11.3. The normalized spacial score (nSPS) is 21.2. The van der Waals surface area contributed by atoms with Crippen molar-refractivity contribution in [3.63, 3.8) is 0 Å². The predicted molar refractivity (Wildman–Crippen MR) is 70.5 cm³/mol. The summed E-state index contributed by atoms with van der Waals surface area (Å²) in [7, 11) is 0. The van der Waals surface area contributed by atoms with E-state index >= 15 is 0 Å². The number of hydrogen-bond donors (Lipinski definition) is 0. The second kappa shape index (κ2) is 6.33. The van der Waals surface area contributed by atoms with Gasteiger partial charge in [-0.2, -0.15) is 5.26 Å². The lowest BCUT2D eigenvalue weighted by Gasteiger charge is -2.12. The number of carbonyl (C=O) groups excluding carboxylic acids is 1. The van der Waals surface area contributed by atoms with E-state index in [4.69, 9.17) is 19.5 Å². The van der Waals surface area contributed by atoms with Crippen LogP contribution in [0.15, 0.2) is 36.4 Å². The molecule has 1 fully saturated rings. The van der Waals surface area contributed by atoms with Crippen molar-refractivity contribution in [1.82, 2.24) is 0 Å². The van der Waals surface area contributed by atoms with Gasteiger partial charge in [-0.15, -0.1) is 0 Å². The van der Waals surface area contributed by atoms with Gasteiger partial charge < -0.3 is 14.2 Å². The third kappa shape index (κ3) is 3.44. The van der Waals surface area contributed by atoms with Crippen molar-refractivity contribution in [3.05, 3.63) is 47.5 Å². The van der Waals surface area contributed by atoms with Gasteiger partial charge in [-0.05, 0) is 19.1 Å². The summed E-state index contributed by atoms with van der Waals surface area (Å²) in [5.41, 5.74) is 1.77. The van der Waals surface area contributed by atoms with Gasteiger partial charge in [0.25, 0.3) is 0 Å². The molecule has 0 spiro atoms. The number of nitrogens with zero attached hydrogens (tertiary/aromatic N) is 1. The van der Waals surface area contributed by atoms with Crippen LogP contribution in [0, 0.1) is 11.3 Å². The van der Waals surface area contributed by atoms with Gasteiger partial charge in [0.15, 0.2) is 6.29 Å². The summed E-state index contributed by atoms with van der Waals surface area (Å²) in [6.45, 7) is 5.59. The van der Waals surface area contributed by atoms with Crippen molar-refractivity contribution < 1.29 is 19.0 Å². The van der Waals surface area contributed by atoms with Gasteiger partial charge in [-0.25, -0.2) is 4.79 Å². The third-order valence-electron chi connectivity index (χ3n) is 2.81. The summed E-state index contributed by atoms with van der Waals surface area (Å²) in [4.78, 5) is 11.3. The molecule has 1 aliphatic heterocycles. The summed E-state index contributed by atoms with van der Waals surface area (Å²) in [5.74, 6) is -0.435. The number of nitriles is 1. The van der Waals surface area contributed by atoms with E-state index in [1.165, 1.54) is 0 Å². The van der Waals surface area contributed by atoms with Crippen LogP contribution in [0.2, 0.25) is 0 Å². The lowest BCUT2D eigenvalue weighted by atomic mass is 10.1. The van der Waals surface area contributed by atoms with E-state index in [0.29, 0.717) is 17.7 Å². The summed E-state index contributed by atoms with van der Waals surface area (Å²) in [6.07, 6.45) is -0.782. The molecule has 2 atom stereocenters. The van der Waals surface area contributed by atoms with Gasteiger partial charge >= 0.3 is 5.97 Å². The minimum atomic E-state index is -0.490. The molecule has 104 valence electrons. The first-order valence-corrected chi connectivity index (χ1v) is 6.20. The van der Waals surface area contributed by atoms with Crippen LogP contribution >= 0.6 is 0 Å². The van der Waals surface area contributed by atoms with Gasteiger partial charge in [-0.3, -0.25) is 0 Å². The minimum absolute atomic E-state index is 0.137.